The van der Waals surface area contributed by atoms with E-state index in [0.717, 1.165) is 22.0 Å². The van der Waals surface area contributed by atoms with Crippen LogP contribution in [0.5, 0.6) is 0 Å². The monoisotopic (exact) mass is 380 g/mol. The molecule has 10 nitrogen and oxygen atoms in total. The number of nitrogens with zero attached hydrogens (tertiary/aromatic N) is 3. The zero-order valence-electron chi connectivity index (χ0n) is 14.1. The number of esters is 1. The number of aromatic nitrogens is 2. The van der Waals surface area contributed by atoms with Crippen LogP contribution in [-0.4, -0.2) is 33.0 Å². The van der Waals surface area contributed by atoms with Gasteiger partial charge in [0.05, 0.1) is 23.6 Å². The Morgan fingerprint density at radius 2 is 2.15 bits per heavy atom. The number of hydrogen-bond acceptors (Lipinski definition) is 8. The number of rotatable bonds is 7. The predicted molar refractivity (Wildman–Crippen MR) is 93.2 cm³/mol. The minimum Gasteiger partial charge on any atom is -0.466 e. The highest BCUT2D eigenvalue weighted by atomic mass is 32.1. The second-order valence-electron chi connectivity index (χ2n) is 5.18. The third kappa shape index (κ3) is 4.72. The smallest absolute Gasteiger partial charge is 0.334 e. The van der Waals surface area contributed by atoms with Crippen molar-refractivity contribution in [3.8, 4) is 0 Å². The number of pyridine rings is 1. The molecule has 26 heavy (non-hydrogen) atoms. The maximum absolute atomic E-state index is 12.1. The van der Waals surface area contributed by atoms with Gasteiger partial charge in [0.1, 0.15) is 6.54 Å². The molecule has 2 aromatic heterocycles. The predicted octanol–water partition coefficient (Wildman–Crippen LogP) is 1.27. The van der Waals surface area contributed by atoms with Gasteiger partial charge in [-0.05, 0) is 19.9 Å². The van der Waals surface area contributed by atoms with E-state index < -0.39 is 28.0 Å². The van der Waals surface area contributed by atoms with E-state index in [1.165, 1.54) is 6.07 Å². The Balaban J connectivity index is 2.07. The Bertz CT molecular complexity index is 904. The first-order chi connectivity index (χ1) is 12.3. The van der Waals surface area contributed by atoms with Gasteiger partial charge in [0.2, 0.25) is 5.91 Å². The Morgan fingerprint density at radius 3 is 2.81 bits per heavy atom. The Labute approximate surface area is 151 Å². The maximum atomic E-state index is 12.1. The van der Waals surface area contributed by atoms with Crippen molar-refractivity contribution < 1.29 is 19.2 Å². The molecular formula is C15H16N4O6S. The van der Waals surface area contributed by atoms with Crippen molar-refractivity contribution in [2.45, 2.75) is 26.8 Å². The molecular weight excluding hydrogens is 364 g/mol. The molecule has 0 bridgehead atoms. The zero-order valence-corrected chi connectivity index (χ0v) is 14.9. The number of carbonyl (C=O) groups excluding carboxylic acids is 2. The summed E-state index contributed by atoms with van der Waals surface area (Å²) < 4.78 is 5.83. The molecule has 0 fully saturated rings. The van der Waals surface area contributed by atoms with Crippen molar-refractivity contribution in [3.05, 3.63) is 49.4 Å². The van der Waals surface area contributed by atoms with E-state index in [9.17, 15) is 24.5 Å². The first kappa shape index (κ1) is 19.2. The molecule has 0 atom stereocenters. The zero-order chi connectivity index (χ0) is 19.3. The van der Waals surface area contributed by atoms with Crippen LogP contribution in [0.4, 0.5) is 10.8 Å². The van der Waals surface area contributed by atoms with E-state index in [4.69, 9.17) is 4.74 Å². The van der Waals surface area contributed by atoms with Crippen molar-refractivity contribution in [2.24, 2.45) is 0 Å². The lowest BCUT2D eigenvalue weighted by Gasteiger charge is -2.08. The van der Waals surface area contributed by atoms with Gasteiger partial charge in [0, 0.05) is 17.1 Å². The number of ether oxygens (including phenoxy) is 1. The fourth-order valence-electron chi connectivity index (χ4n) is 2.10. The second-order valence-corrected chi connectivity index (χ2v) is 6.04. The molecule has 138 valence electrons. The number of nitrogens with one attached hydrogen (secondary N) is 1. The number of carbonyl (C=O) groups is 2. The van der Waals surface area contributed by atoms with E-state index in [-0.39, 0.29) is 24.7 Å². The molecule has 2 heterocycles. The van der Waals surface area contributed by atoms with Crippen LogP contribution in [0.15, 0.2) is 22.3 Å². The average molecular weight is 380 g/mol. The highest BCUT2D eigenvalue weighted by Gasteiger charge is 2.18. The molecule has 11 heteroatoms. The lowest BCUT2D eigenvalue weighted by molar-refractivity contribution is -0.386. The quantitative estimate of drug-likeness (QED) is 0.434. The molecule has 2 aromatic rings. The molecule has 1 N–H and O–H groups in total. The summed E-state index contributed by atoms with van der Waals surface area (Å²) in [6.45, 7) is 3.14. The molecule has 0 saturated carbocycles. The molecule has 1 amide bonds. The number of nitro groups is 1. The van der Waals surface area contributed by atoms with Gasteiger partial charge in [-0.2, -0.15) is 0 Å². The number of thiazole rings is 1. The topological polar surface area (TPSA) is 133 Å². The Hall–Kier alpha value is -3.08. The lowest BCUT2D eigenvalue weighted by atomic mass is 10.3. The number of hydrogen-bond donors (Lipinski definition) is 1. The first-order valence-electron chi connectivity index (χ1n) is 7.56. The van der Waals surface area contributed by atoms with Crippen molar-refractivity contribution >= 4 is 34.0 Å². The molecule has 0 saturated heterocycles. The number of anilines is 1. The standard InChI is InChI=1S/C15H16N4O6S/c1-3-25-13(21)6-10-8-26-15(16-10)17-12(20)7-18-9(2)4-5-11(14(18)22)19(23)24/h4-5,8H,3,6-7H2,1-2H3,(H,16,17,20). The fourth-order valence-corrected chi connectivity index (χ4v) is 2.83. The van der Waals surface area contributed by atoms with Crippen LogP contribution in [0.25, 0.3) is 0 Å². The number of aryl methyl sites for hydroxylation is 1. The molecule has 0 radical (unpaired) electrons. The van der Waals surface area contributed by atoms with Gasteiger partial charge in [-0.15, -0.1) is 11.3 Å². The summed E-state index contributed by atoms with van der Waals surface area (Å²) in [6, 6.07) is 2.50. The van der Waals surface area contributed by atoms with Crippen LogP contribution in [0, 0.1) is 17.0 Å². The third-order valence-corrected chi connectivity index (χ3v) is 4.11. The van der Waals surface area contributed by atoms with Gasteiger partial charge < -0.3 is 10.1 Å². The minimum absolute atomic E-state index is 0.0103. The molecule has 2 rings (SSSR count). The number of amides is 1. The maximum Gasteiger partial charge on any atom is 0.334 e. The van der Waals surface area contributed by atoms with E-state index in [1.54, 1.807) is 19.2 Å². The molecule has 0 aromatic carbocycles. The van der Waals surface area contributed by atoms with Crippen molar-refractivity contribution in [3.63, 3.8) is 0 Å². The lowest BCUT2D eigenvalue weighted by Crippen LogP contribution is -2.30. The van der Waals surface area contributed by atoms with Gasteiger partial charge in [-0.1, -0.05) is 0 Å². The summed E-state index contributed by atoms with van der Waals surface area (Å²) >= 11 is 1.12. The summed E-state index contributed by atoms with van der Waals surface area (Å²) in [5, 5.41) is 15.2. The summed E-state index contributed by atoms with van der Waals surface area (Å²) in [6.07, 6.45) is -0.0103. The van der Waals surface area contributed by atoms with Gasteiger partial charge in [-0.25, -0.2) is 4.98 Å². The van der Waals surface area contributed by atoms with Crippen LogP contribution in [0.3, 0.4) is 0 Å². The van der Waals surface area contributed by atoms with Crippen LogP contribution in [0.1, 0.15) is 18.3 Å². The van der Waals surface area contributed by atoms with Crippen LogP contribution in [-0.2, 0) is 27.3 Å². The molecule has 0 aliphatic rings. The minimum atomic E-state index is -0.854. The highest BCUT2D eigenvalue weighted by molar-refractivity contribution is 7.13. The third-order valence-electron chi connectivity index (χ3n) is 3.30. The Morgan fingerprint density at radius 1 is 1.42 bits per heavy atom. The van der Waals surface area contributed by atoms with E-state index in [1.807, 2.05) is 0 Å². The summed E-state index contributed by atoms with van der Waals surface area (Å²) in [5.41, 5.74) is -0.591. The van der Waals surface area contributed by atoms with E-state index >= 15 is 0 Å². The summed E-state index contributed by atoms with van der Waals surface area (Å²) in [4.78, 5) is 49.8. The Kier molecular flexibility index (Phi) is 6.17. The van der Waals surface area contributed by atoms with E-state index in [2.05, 4.69) is 10.3 Å². The van der Waals surface area contributed by atoms with Gasteiger partial charge in [0.15, 0.2) is 5.13 Å². The molecule has 0 aliphatic carbocycles. The second kappa shape index (κ2) is 8.34. The summed E-state index contributed by atoms with van der Waals surface area (Å²) in [7, 11) is 0. The first-order valence-corrected chi connectivity index (χ1v) is 8.44. The highest BCUT2D eigenvalue weighted by Crippen LogP contribution is 2.16. The van der Waals surface area contributed by atoms with Crippen molar-refractivity contribution in [2.75, 3.05) is 11.9 Å². The van der Waals surface area contributed by atoms with Crippen molar-refractivity contribution in [1.29, 1.82) is 0 Å². The SMILES string of the molecule is CCOC(=O)Cc1csc(NC(=O)Cn2c(C)ccc([N+](=O)[O-])c2=O)n1. The molecule has 0 spiro atoms. The molecule has 0 aliphatic heterocycles. The van der Waals surface area contributed by atoms with Crippen LogP contribution in [0.2, 0.25) is 0 Å². The fraction of sp³-hybridized carbons (Fsp3) is 0.333. The van der Waals surface area contributed by atoms with Gasteiger partial charge in [0.25, 0.3) is 0 Å². The molecule has 0 unspecified atom stereocenters. The largest absolute Gasteiger partial charge is 0.466 e. The summed E-state index contributed by atoms with van der Waals surface area (Å²) in [5.74, 6) is -0.984. The van der Waals surface area contributed by atoms with Crippen molar-refractivity contribution in [1.82, 2.24) is 9.55 Å². The van der Waals surface area contributed by atoms with E-state index in [0.29, 0.717) is 11.4 Å². The van der Waals surface area contributed by atoms with Gasteiger partial charge >= 0.3 is 17.2 Å². The normalized spacial score (nSPS) is 10.4. The van der Waals surface area contributed by atoms with Crippen LogP contribution < -0.4 is 10.9 Å². The van der Waals surface area contributed by atoms with Crippen LogP contribution >= 0.6 is 11.3 Å². The van der Waals surface area contributed by atoms with Gasteiger partial charge in [-0.3, -0.25) is 29.1 Å². The average Bonchev–Trinajstić information content (AvgIpc) is 2.98.